The first-order valence-electron chi connectivity index (χ1n) is 7.24. The van der Waals surface area contributed by atoms with Gasteiger partial charge >= 0.3 is 0 Å². The average Bonchev–Trinajstić information content (AvgIpc) is 3.17. The number of nitrogens with one attached hydrogen (secondary N) is 1. The number of hydrogen-bond donors (Lipinski definition) is 1. The molecule has 3 rings (SSSR count). The Kier molecular flexibility index (Phi) is 3.55. The van der Waals surface area contributed by atoms with Gasteiger partial charge in [-0.3, -0.25) is 0 Å². The summed E-state index contributed by atoms with van der Waals surface area (Å²) in [4.78, 5) is 0. The average molecular weight is 245 g/mol. The molecule has 0 bridgehead atoms. The fraction of sp³-hybridized carbons (Fsp3) is 0.625. The summed E-state index contributed by atoms with van der Waals surface area (Å²) in [5.74, 6) is 2.75. The van der Waals surface area contributed by atoms with E-state index in [9.17, 15) is 0 Å². The van der Waals surface area contributed by atoms with Crippen LogP contribution in [0.25, 0.3) is 0 Å². The minimum absolute atomic E-state index is 0.566. The van der Waals surface area contributed by atoms with Gasteiger partial charge in [-0.25, -0.2) is 0 Å². The lowest BCUT2D eigenvalue weighted by Gasteiger charge is -2.28. The van der Waals surface area contributed by atoms with Crippen molar-refractivity contribution in [3.63, 3.8) is 0 Å². The van der Waals surface area contributed by atoms with E-state index in [-0.39, 0.29) is 0 Å². The predicted octanol–water partition coefficient (Wildman–Crippen LogP) is 3.54. The molecule has 98 valence electrons. The van der Waals surface area contributed by atoms with E-state index in [1.807, 2.05) is 0 Å². The molecule has 2 heteroatoms. The molecule has 18 heavy (non-hydrogen) atoms. The van der Waals surface area contributed by atoms with E-state index in [1.54, 1.807) is 7.11 Å². The van der Waals surface area contributed by atoms with E-state index in [4.69, 9.17) is 4.74 Å². The second kappa shape index (κ2) is 5.31. The minimum atomic E-state index is 0.566. The zero-order chi connectivity index (χ0) is 12.4. The van der Waals surface area contributed by atoms with E-state index in [0.29, 0.717) is 6.04 Å². The van der Waals surface area contributed by atoms with Crippen molar-refractivity contribution < 1.29 is 4.74 Å². The summed E-state index contributed by atoms with van der Waals surface area (Å²) in [6, 6.07) is 9.16. The fourth-order valence-electron chi connectivity index (χ4n) is 2.79. The molecule has 1 atom stereocenters. The van der Waals surface area contributed by atoms with Crippen molar-refractivity contribution in [2.45, 2.75) is 38.1 Å². The number of rotatable bonds is 6. The molecular formula is C16H23NO. The van der Waals surface area contributed by atoms with E-state index >= 15 is 0 Å². The van der Waals surface area contributed by atoms with Crippen LogP contribution in [-0.4, -0.2) is 13.7 Å². The van der Waals surface area contributed by atoms with E-state index in [1.165, 1.54) is 44.2 Å². The summed E-state index contributed by atoms with van der Waals surface area (Å²) >= 11 is 0. The van der Waals surface area contributed by atoms with Crippen LogP contribution in [-0.2, 0) is 0 Å². The third-order valence-electron chi connectivity index (χ3n) is 4.42. The van der Waals surface area contributed by atoms with Gasteiger partial charge in [-0.05, 0) is 61.8 Å². The molecule has 0 aliphatic heterocycles. The quantitative estimate of drug-likeness (QED) is 0.827. The Balaban J connectivity index is 1.63. The van der Waals surface area contributed by atoms with Crippen LogP contribution in [0.15, 0.2) is 24.3 Å². The summed E-state index contributed by atoms with van der Waals surface area (Å²) in [5, 5.41) is 3.80. The Morgan fingerprint density at radius 1 is 1.17 bits per heavy atom. The van der Waals surface area contributed by atoms with Gasteiger partial charge in [-0.15, -0.1) is 0 Å². The summed E-state index contributed by atoms with van der Waals surface area (Å²) in [5.41, 5.74) is 1.43. The topological polar surface area (TPSA) is 21.3 Å². The largest absolute Gasteiger partial charge is 0.497 e. The molecule has 1 aromatic carbocycles. The van der Waals surface area contributed by atoms with Crippen molar-refractivity contribution in [2.75, 3.05) is 13.7 Å². The molecular weight excluding hydrogens is 222 g/mol. The monoisotopic (exact) mass is 245 g/mol. The van der Waals surface area contributed by atoms with Crippen LogP contribution in [0.2, 0.25) is 0 Å². The van der Waals surface area contributed by atoms with E-state index in [2.05, 4.69) is 29.6 Å². The van der Waals surface area contributed by atoms with Crippen LogP contribution >= 0.6 is 0 Å². The highest BCUT2D eigenvalue weighted by Crippen LogP contribution is 2.41. The predicted molar refractivity (Wildman–Crippen MR) is 73.8 cm³/mol. The maximum Gasteiger partial charge on any atom is 0.118 e. The van der Waals surface area contributed by atoms with Gasteiger partial charge in [-0.1, -0.05) is 18.6 Å². The van der Waals surface area contributed by atoms with Crippen molar-refractivity contribution >= 4 is 0 Å². The molecule has 0 heterocycles. The van der Waals surface area contributed by atoms with Gasteiger partial charge < -0.3 is 10.1 Å². The zero-order valence-corrected chi connectivity index (χ0v) is 11.2. The lowest BCUT2D eigenvalue weighted by molar-refractivity contribution is 0.283. The van der Waals surface area contributed by atoms with Crippen molar-refractivity contribution in [2.24, 2.45) is 11.8 Å². The third kappa shape index (κ3) is 2.69. The second-order valence-electron chi connectivity index (χ2n) is 5.79. The van der Waals surface area contributed by atoms with Gasteiger partial charge in [0.05, 0.1) is 7.11 Å². The van der Waals surface area contributed by atoms with Gasteiger partial charge in [0.15, 0.2) is 0 Å². The van der Waals surface area contributed by atoms with Crippen LogP contribution in [0, 0.1) is 11.8 Å². The fourth-order valence-corrected chi connectivity index (χ4v) is 2.79. The number of methoxy groups -OCH3 is 1. The first-order valence-corrected chi connectivity index (χ1v) is 7.24. The molecule has 2 fully saturated rings. The number of benzene rings is 1. The maximum absolute atomic E-state index is 5.23. The van der Waals surface area contributed by atoms with Gasteiger partial charge in [0.1, 0.15) is 5.75 Å². The summed E-state index contributed by atoms with van der Waals surface area (Å²) in [6.45, 7) is 1.20. The minimum Gasteiger partial charge on any atom is -0.497 e. The smallest absolute Gasteiger partial charge is 0.118 e. The molecule has 2 nitrogen and oxygen atoms in total. The molecule has 0 saturated heterocycles. The lowest BCUT2D eigenvalue weighted by atomic mass is 9.85. The normalized spacial score (nSPS) is 21.4. The molecule has 2 aliphatic carbocycles. The SMILES string of the molecule is COc1ccc(C(NCC2CCC2)C2CC2)cc1. The second-order valence-corrected chi connectivity index (χ2v) is 5.79. The summed E-state index contributed by atoms with van der Waals surface area (Å²) in [6.07, 6.45) is 7.05. The molecule has 1 aromatic rings. The first kappa shape index (κ1) is 12.0. The van der Waals surface area contributed by atoms with Crippen LogP contribution in [0.4, 0.5) is 0 Å². The zero-order valence-electron chi connectivity index (χ0n) is 11.2. The molecule has 0 spiro atoms. The van der Waals surface area contributed by atoms with Crippen molar-refractivity contribution in [1.82, 2.24) is 5.32 Å². The molecule has 0 amide bonds. The number of hydrogen-bond acceptors (Lipinski definition) is 2. The van der Waals surface area contributed by atoms with Crippen LogP contribution in [0.1, 0.15) is 43.7 Å². The van der Waals surface area contributed by atoms with Crippen molar-refractivity contribution in [3.8, 4) is 5.75 Å². The molecule has 2 aliphatic rings. The van der Waals surface area contributed by atoms with Gasteiger partial charge in [0.25, 0.3) is 0 Å². The third-order valence-corrected chi connectivity index (χ3v) is 4.42. The highest BCUT2D eigenvalue weighted by Gasteiger charge is 2.32. The molecule has 2 saturated carbocycles. The highest BCUT2D eigenvalue weighted by molar-refractivity contribution is 5.30. The van der Waals surface area contributed by atoms with Crippen LogP contribution < -0.4 is 10.1 Å². The maximum atomic E-state index is 5.23. The molecule has 1 unspecified atom stereocenters. The standard InChI is InChI=1S/C16H23NO/c1-18-15-9-7-14(8-10-15)16(13-5-6-13)17-11-12-3-2-4-12/h7-10,12-13,16-17H,2-6,11H2,1H3. The van der Waals surface area contributed by atoms with Gasteiger partial charge in [0.2, 0.25) is 0 Å². The summed E-state index contributed by atoms with van der Waals surface area (Å²) < 4.78 is 5.23. The Bertz CT molecular complexity index is 379. The highest BCUT2D eigenvalue weighted by atomic mass is 16.5. The van der Waals surface area contributed by atoms with Crippen molar-refractivity contribution in [1.29, 1.82) is 0 Å². The first-order chi connectivity index (χ1) is 8.86. The molecule has 0 aromatic heterocycles. The Morgan fingerprint density at radius 2 is 1.89 bits per heavy atom. The lowest BCUT2D eigenvalue weighted by Crippen LogP contribution is -2.31. The van der Waals surface area contributed by atoms with Crippen LogP contribution in [0.3, 0.4) is 0 Å². The van der Waals surface area contributed by atoms with E-state index < -0.39 is 0 Å². The van der Waals surface area contributed by atoms with E-state index in [0.717, 1.165) is 17.6 Å². The van der Waals surface area contributed by atoms with Gasteiger partial charge in [-0.2, -0.15) is 0 Å². The Labute approximate surface area is 110 Å². The Morgan fingerprint density at radius 3 is 2.39 bits per heavy atom. The Hall–Kier alpha value is -1.02. The summed E-state index contributed by atoms with van der Waals surface area (Å²) in [7, 11) is 1.72. The number of ether oxygens (including phenoxy) is 1. The van der Waals surface area contributed by atoms with Crippen LogP contribution in [0.5, 0.6) is 5.75 Å². The van der Waals surface area contributed by atoms with Crippen molar-refractivity contribution in [3.05, 3.63) is 29.8 Å². The molecule has 0 radical (unpaired) electrons. The molecule has 1 N–H and O–H groups in total. The van der Waals surface area contributed by atoms with Gasteiger partial charge in [0, 0.05) is 6.04 Å².